The lowest BCUT2D eigenvalue weighted by Crippen LogP contribution is -2.34. The van der Waals surface area contributed by atoms with Crippen LogP contribution in [-0.2, 0) is 5.75 Å². The van der Waals surface area contributed by atoms with Gasteiger partial charge in [-0.3, -0.25) is 10.9 Å². The predicted molar refractivity (Wildman–Crippen MR) is 96.2 cm³/mol. The van der Waals surface area contributed by atoms with Crippen LogP contribution in [0.1, 0.15) is 5.82 Å². The maximum Gasteiger partial charge on any atom is 0.189 e. The van der Waals surface area contributed by atoms with Gasteiger partial charge in [0, 0.05) is 17.3 Å². The summed E-state index contributed by atoms with van der Waals surface area (Å²) in [5.41, 5.74) is 12.5. The van der Waals surface area contributed by atoms with Crippen molar-refractivity contribution in [2.45, 2.75) is 10.9 Å². The number of aromatic amines is 1. The Kier molecular flexibility index (Phi) is 4.79. The molecular weight excluding hydrogens is 354 g/mol. The first-order valence-electron chi connectivity index (χ1n) is 6.51. The second-order valence-corrected chi connectivity index (χ2v) is 6.29. The molecule has 1 aromatic carbocycles. The zero-order valence-electron chi connectivity index (χ0n) is 11.7. The molecule has 118 valence electrons. The zero-order chi connectivity index (χ0) is 16.2. The highest BCUT2D eigenvalue weighted by molar-refractivity contribution is 7.98. The average molecular weight is 366 g/mol. The van der Waals surface area contributed by atoms with Crippen LogP contribution in [0, 0.1) is 0 Å². The van der Waals surface area contributed by atoms with Crippen molar-refractivity contribution >= 4 is 57.5 Å². The molecule has 0 aliphatic heterocycles. The summed E-state index contributed by atoms with van der Waals surface area (Å²) in [6, 6.07) is 7.25. The van der Waals surface area contributed by atoms with Crippen LogP contribution in [0.25, 0.3) is 11.0 Å². The van der Waals surface area contributed by atoms with Crippen molar-refractivity contribution < 1.29 is 0 Å². The van der Waals surface area contributed by atoms with Gasteiger partial charge in [0.1, 0.15) is 11.6 Å². The van der Waals surface area contributed by atoms with Crippen LogP contribution in [0.4, 0.5) is 5.82 Å². The lowest BCUT2D eigenvalue weighted by atomic mass is 10.3. The maximum atomic E-state index is 5.97. The minimum absolute atomic E-state index is 0.138. The number of imidazole rings is 1. The average Bonchev–Trinajstić information content (AvgIpc) is 2.93. The Morgan fingerprint density at radius 2 is 2.22 bits per heavy atom. The van der Waals surface area contributed by atoms with Gasteiger partial charge in [-0.05, 0) is 30.4 Å². The summed E-state index contributed by atoms with van der Waals surface area (Å²) in [4.78, 5) is 16.3. The fraction of sp³-hybridized carbons (Fsp3) is 0.0769. The molecule has 3 aromatic rings. The van der Waals surface area contributed by atoms with Crippen molar-refractivity contribution in [2.24, 2.45) is 5.73 Å². The second kappa shape index (κ2) is 6.99. The van der Waals surface area contributed by atoms with E-state index in [4.69, 9.17) is 29.6 Å². The van der Waals surface area contributed by atoms with Crippen LogP contribution in [0.3, 0.4) is 0 Å². The van der Waals surface area contributed by atoms with Gasteiger partial charge in [0.2, 0.25) is 0 Å². The Morgan fingerprint density at radius 3 is 3.04 bits per heavy atom. The van der Waals surface area contributed by atoms with E-state index < -0.39 is 0 Å². The summed E-state index contributed by atoms with van der Waals surface area (Å²) in [6.07, 6.45) is 1.65. The largest absolute Gasteiger partial charge is 0.375 e. The number of hydrazine groups is 1. The molecule has 0 saturated heterocycles. The van der Waals surface area contributed by atoms with Crippen LogP contribution in [0.2, 0.25) is 5.02 Å². The molecular formula is C13H12ClN7S2. The first-order chi connectivity index (χ1) is 11.1. The summed E-state index contributed by atoms with van der Waals surface area (Å²) < 4.78 is 0. The normalized spacial score (nSPS) is 10.7. The van der Waals surface area contributed by atoms with E-state index in [2.05, 4.69) is 30.8 Å². The lowest BCUT2D eigenvalue weighted by Gasteiger charge is -2.07. The van der Waals surface area contributed by atoms with E-state index in [1.165, 1.54) is 11.8 Å². The third-order valence-electron chi connectivity index (χ3n) is 2.78. The maximum absolute atomic E-state index is 5.97. The number of H-pyrrole nitrogens is 1. The molecule has 10 heteroatoms. The Bertz CT molecular complexity index is 851. The van der Waals surface area contributed by atoms with Crippen molar-refractivity contribution in [1.29, 1.82) is 0 Å². The lowest BCUT2D eigenvalue weighted by molar-refractivity contribution is 0.944. The van der Waals surface area contributed by atoms with Crippen LogP contribution < -0.4 is 16.6 Å². The Hall–Kier alpha value is -2.10. The summed E-state index contributed by atoms with van der Waals surface area (Å²) in [7, 11) is 0. The summed E-state index contributed by atoms with van der Waals surface area (Å²) in [5, 5.41) is 1.42. The number of nitrogens with zero attached hydrogens (tertiary/aromatic N) is 3. The van der Waals surface area contributed by atoms with Crippen molar-refractivity contribution in [3.63, 3.8) is 0 Å². The van der Waals surface area contributed by atoms with Crippen molar-refractivity contribution in [3.05, 3.63) is 41.3 Å². The highest BCUT2D eigenvalue weighted by atomic mass is 35.5. The van der Waals surface area contributed by atoms with E-state index in [1.54, 1.807) is 12.3 Å². The van der Waals surface area contributed by atoms with E-state index >= 15 is 0 Å². The van der Waals surface area contributed by atoms with Gasteiger partial charge in [-0.15, -0.1) is 0 Å². The van der Waals surface area contributed by atoms with Gasteiger partial charge in [0.05, 0.1) is 16.8 Å². The summed E-state index contributed by atoms with van der Waals surface area (Å²) >= 11 is 12.1. The number of nitrogens with two attached hydrogens (primary N) is 1. The fourth-order valence-corrected chi connectivity index (χ4v) is 2.77. The number of benzene rings is 1. The van der Waals surface area contributed by atoms with Crippen LogP contribution in [-0.4, -0.2) is 25.0 Å². The molecule has 0 aliphatic carbocycles. The third kappa shape index (κ3) is 4.21. The highest BCUT2D eigenvalue weighted by Gasteiger charge is 2.06. The van der Waals surface area contributed by atoms with Crippen molar-refractivity contribution in [1.82, 2.24) is 25.4 Å². The number of hydrogen-bond acceptors (Lipinski definition) is 6. The van der Waals surface area contributed by atoms with E-state index in [0.29, 0.717) is 21.7 Å². The zero-order valence-corrected chi connectivity index (χ0v) is 14.1. The monoisotopic (exact) mass is 365 g/mol. The third-order valence-corrected chi connectivity index (χ3v) is 3.99. The molecule has 0 spiro atoms. The molecule has 0 unspecified atom stereocenters. The molecule has 5 N–H and O–H groups in total. The smallest absolute Gasteiger partial charge is 0.189 e. The summed E-state index contributed by atoms with van der Waals surface area (Å²) in [6.45, 7) is 0. The Balaban J connectivity index is 1.67. The van der Waals surface area contributed by atoms with Gasteiger partial charge in [-0.1, -0.05) is 23.4 Å². The van der Waals surface area contributed by atoms with Crippen molar-refractivity contribution in [2.75, 3.05) is 5.43 Å². The minimum Gasteiger partial charge on any atom is -0.375 e. The predicted octanol–water partition coefficient (Wildman–Crippen LogP) is 2.46. The van der Waals surface area contributed by atoms with Gasteiger partial charge in [-0.2, -0.15) is 0 Å². The molecule has 0 atom stereocenters. The van der Waals surface area contributed by atoms with E-state index in [-0.39, 0.29) is 5.11 Å². The Labute approximate surface area is 146 Å². The number of hydrogen-bond donors (Lipinski definition) is 4. The van der Waals surface area contributed by atoms with Crippen LogP contribution in [0.5, 0.6) is 0 Å². The van der Waals surface area contributed by atoms with E-state index in [1.807, 2.05) is 18.2 Å². The first-order valence-corrected chi connectivity index (χ1v) is 8.29. The number of rotatable bonds is 5. The van der Waals surface area contributed by atoms with Crippen molar-refractivity contribution in [3.8, 4) is 0 Å². The number of anilines is 1. The molecule has 7 nitrogen and oxygen atoms in total. The molecule has 0 bridgehead atoms. The number of thioether (sulfide) groups is 1. The molecule has 2 heterocycles. The molecule has 2 aromatic heterocycles. The van der Waals surface area contributed by atoms with Gasteiger partial charge < -0.3 is 10.7 Å². The fourth-order valence-electron chi connectivity index (χ4n) is 1.84. The van der Waals surface area contributed by atoms with Gasteiger partial charge >= 0.3 is 0 Å². The molecule has 0 amide bonds. The molecule has 23 heavy (non-hydrogen) atoms. The number of thiocarbonyl (C=S) groups is 1. The summed E-state index contributed by atoms with van der Waals surface area (Å²) in [5.74, 6) is 2.01. The van der Waals surface area contributed by atoms with Gasteiger partial charge in [0.25, 0.3) is 0 Å². The quantitative estimate of drug-likeness (QED) is 0.236. The molecule has 3 rings (SSSR count). The number of fused-ring (bicyclic) bond motifs is 1. The van der Waals surface area contributed by atoms with Crippen LogP contribution in [0.15, 0.2) is 35.6 Å². The van der Waals surface area contributed by atoms with Crippen LogP contribution >= 0.6 is 35.6 Å². The molecule has 0 aliphatic rings. The topological polar surface area (TPSA) is 105 Å². The van der Waals surface area contributed by atoms with Gasteiger partial charge in [0.15, 0.2) is 10.3 Å². The Morgan fingerprint density at radius 1 is 1.35 bits per heavy atom. The van der Waals surface area contributed by atoms with E-state index in [0.717, 1.165) is 16.9 Å². The highest BCUT2D eigenvalue weighted by Crippen LogP contribution is 2.22. The second-order valence-electron chi connectivity index (χ2n) is 4.47. The number of nitrogens with one attached hydrogen (secondary N) is 3. The first kappa shape index (κ1) is 15.8. The SMILES string of the molecule is NC(=S)NNc1ccnc(SCc2nc3ccc(Cl)cc3[nH]2)n1. The number of aromatic nitrogens is 4. The van der Waals surface area contributed by atoms with E-state index in [9.17, 15) is 0 Å². The minimum atomic E-state index is 0.138. The number of halogens is 1. The molecule has 0 saturated carbocycles. The molecule has 0 radical (unpaired) electrons. The molecule has 0 fully saturated rings. The standard InChI is InChI=1S/C13H12ClN7S2/c14-7-1-2-8-9(5-7)18-11(17-8)6-23-13-16-4-3-10(19-13)20-21-12(15)22/h1-5H,6H2,(H,17,18)(H3,15,21,22)(H,16,19,20). The van der Waals surface area contributed by atoms with Gasteiger partial charge in [-0.25, -0.2) is 15.0 Å².